The zero-order valence-corrected chi connectivity index (χ0v) is 9.59. The number of amides is 1. The molecule has 1 aliphatic carbocycles. The van der Waals surface area contributed by atoms with Crippen LogP contribution in [0.25, 0.3) is 0 Å². The molecule has 0 spiro atoms. The monoisotopic (exact) mass is 234 g/mol. The van der Waals surface area contributed by atoms with E-state index in [1.807, 2.05) is 0 Å². The van der Waals surface area contributed by atoms with E-state index in [0.29, 0.717) is 0 Å². The van der Waals surface area contributed by atoms with E-state index in [2.05, 4.69) is 5.32 Å². The first kappa shape index (κ1) is 6.03. The molecule has 0 saturated heterocycles. The number of carbonyl (C=O) groups is 2. The zero-order chi connectivity index (χ0) is 18.5. The molecule has 1 atom stereocenters. The van der Waals surface area contributed by atoms with Gasteiger partial charge in [0.05, 0.1) is 6.04 Å². The quantitative estimate of drug-likeness (QED) is 0.759. The fourth-order valence-corrected chi connectivity index (χ4v) is 1.06. The van der Waals surface area contributed by atoms with E-state index in [9.17, 15) is 9.59 Å². The second-order valence-corrected chi connectivity index (χ2v) is 4.45. The van der Waals surface area contributed by atoms with Crippen molar-refractivity contribution >= 4 is 12.4 Å². The van der Waals surface area contributed by atoms with Gasteiger partial charge in [-0.3, -0.25) is 0 Å². The van der Waals surface area contributed by atoms with Gasteiger partial charge in [0, 0.05) is 9.60 Å². The first-order valence-electron chi connectivity index (χ1n) is 8.48. The molecule has 1 saturated carbocycles. The second-order valence-electron chi connectivity index (χ2n) is 4.45. The van der Waals surface area contributed by atoms with Crippen LogP contribution < -0.4 is 5.32 Å². The van der Waals surface area contributed by atoms with Crippen LogP contribution in [0.15, 0.2) is 0 Å². The number of carbonyl (C=O) groups excluding carboxylic acids is 2. The third-order valence-electron chi connectivity index (χ3n) is 1.72. The van der Waals surface area contributed by atoms with Gasteiger partial charge in [-0.25, -0.2) is 4.79 Å². The van der Waals surface area contributed by atoms with Crippen LogP contribution in [0.4, 0.5) is 4.79 Å². The van der Waals surface area contributed by atoms with Crippen LogP contribution in [-0.2, 0) is 9.53 Å². The van der Waals surface area contributed by atoms with Crippen molar-refractivity contribution in [1.29, 1.82) is 0 Å². The number of nitrogens with one attached hydrogen (secondary N) is 1. The molecule has 0 heterocycles. The average molecular weight is 234 g/mol. The van der Waals surface area contributed by atoms with Crippen molar-refractivity contribution in [2.75, 3.05) is 0 Å². The number of hydrogen-bond acceptors (Lipinski definition) is 3. The molecular formula is C12H21NO3. The molecule has 1 rings (SSSR count). The van der Waals surface area contributed by atoms with Gasteiger partial charge in [-0.05, 0) is 33.1 Å². The van der Waals surface area contributed by atoms with Gasteiger partial charge >= 0.3 is 6.09 Å². The van der Waals surface area contributed by atoms with Gasteiger partial charge < -0.3 is 14.8 Å². The highest BCUT2D eigenvalue weighted by Crippen LogP contribution is 2.30. The molecule has 0 bridgehead atoms. The fraction of sp³-hybridized carbons (Fsp3) is 0.833. The molecule has 1 unspecified atom stereocenters. The maximum Gasteiger partial charge on any atom is 0.408 e. The number of rotatable bonds is 4. The Kier molecular flexibility index (Phi) is 2.01. The molecule has 16 heavy (non-hydrogen) atoms. The summed E-state index contributed by atoms with van der Waals surface area (Å²) in [6, 6.07) is -1.37. The van der Waals surface area contributed by atoms with Crippen LogP contribution >= 0.6 is 0 Å². The van der Waals surface area contributed by atoms with Crippen molar-refractivity contribution in [3.05, 3.63) is 0 Å². The van der Waals surface area contributed by atoms with Crippen molar-refractivity contribution in [3.8, 4) is 0 Å². The summed E-state index contributed by atoms with van der Waals surface area (Å²) >= 11 is 0. The Hall–Kier alpha value is -1.06. The second kappa shape index (κ2) is 5.32. The lowest BCUT2D eigenvalue weighted by atomic mass is 9.81. The van der Waals surface area contributed by atoms with Crippen LogP contribution in [0, 0.1) is 5.89 Å². The first-order valence-corrected chi connectivity index (χ1v) is 4.98. The molecule has 4 nitrogen and oxygen atoms in total. The largest absolute Gasteiger partial charge is 0.444 e. The van der Waals surface area contributed by atoms with E-state index < -0.39 is 49.2 Å². The maximum atomic E-state index is 11.7. The number of alkyl carbamates (subject to hydrolysis) is 1. The number of ether oxygens (including phenoxy) is 1. The van der Waals surface area contributed by atoms with E-state index in [-0.39, 0.29) is 6.29 Å². The summed E-state index contributed by atoms with van der Waals surface area (Å²) in [5.41, 5.74) is -0.826. The van der Waals surface area contributed by atoms with Gasteiger partial charge in [0.15, 0.2) is 0 Å². The Morgan fingerprint density at radius 2 is 2.31 bits per heavy atom. The predicted molar refractivity (Wildman–Crippen MR) is 61.2 cm³/mol. The normalized spacial score (nSPS) is 36.3. The summed E-state index contributed by atoms with van der Waals surface area (Å²) in [5, 5.41) is 2.15. The molecule has 1 fully saturated rings. The number of aldehydes is 1. The highest BCUT2D eigenvalue weighted by molar-refractivity contribution is 5.73. The van der Waals surface area contributed by atoms with Gasteiger partial charge in [0.25, 0.3) is 0 Å². The zero-order valence-electron chi connectivity index (χ0n) is 16.6. The van der Waals surface area contributed by atoms with Crippen LogP contribution in [0.2, 0.25) is 0 Å². The molecule has 1 aliphatic rings. The fourth-order valence-electron chi connectivity index (χ4n) is 1.06. The van der Waals surface area contributed by atoms with Gasteiger partial charge in [-0.2, -0.15) is 0 Å². The third kappa shape index (κ3) is 4.64. The molecule has 4 heteroatoms. The lowest BCUT2D eigenvalue weighted by Crippen LogP contribution is -2.41. The van der Waals surface area contributed by atoms with Crippen LogP contribution in [0.5, 0.6) is 0 Å². The summed E-state index contributed by atoms with van der Waals surface area (Å²) in [6.07, 6.45) is -9.93. The first-order chi connectivity index (χ1) is 10.0. The highest BCUT2D eigenvalue weighted by Gasteiger charge is 2.24. The SMILES string of the molecule is [2H]C1([2H])C([2H])([2H])C([2H])(CC(C=O)NC(=O)OC(C)(C)C)C1([2H])[2H]. The van der Waals surface area contributed by atoms with Crippen molar-refractivity contribution in [2.45, 2.75) is 58.0 Å². The summed E-state index contributed by atoms with van der Waals surface area (Å²) < 4.78 is 58.7. The molecule has 0 radical (unpaired) electrons. The van der Waals surface area contributed by atoms with Gasteiger partial charge in [-0.15, -0.1) is 0 Å². The van der Waals surface area contributed by atoms with E-state index in [0.717, 1.165) is 0 Å². The van der Waals surface area contributed by atoms with Crippen LogP contribution in [0.1, 0.15) is 55.9 Å². The molecule has 1 amide bonds. The summed E-state index contributed by atoms with van der Waals surface area (Å²) in [7, 11) is 0. The van der Waals surface area contributed by atoms with Crippen molar-refractivity contribution < 1.29 is 23.9 Å². The minimum Gasteiger partial charge on any atom is -0.444 e. The Labute approximate surface area is 107 Å². The van der Waals surface area contributed by atoms with Gasteiger partial charge in [-0.1, -0.05) is 19.1 Å². The van der Waals surface area contributed by atoms with Crippen molar-refractivity contribution in [1.82, 2.24) is 5.32 Å². The van der Waals surface area contributed by atoms with E-state index in [1.165, 1.54) is 0 Å². The Morgan fingerprint density at radius 3 is 2.81 bits per heavy atom. The predicted octanol–water partition coefficient (Wildman–Crippen LogP) is 2.27. The maximum absolute atomic E-state index is 11.7. The minimum atomic E-state index is -2.87. The van der Waals surface area contributed by atoms with E-state index in [4.69, 9.17) is 14.3 Å². The molecule has 92 valence electrons. The lowest BCUT2D eigenvalue weighted by Gasteiger charge is -2.28. The molecule has 1 N–H and O–H groups in total. The third-order valence-corrected chi connectivity index (χ3v) is 1.72. The summed E-state index contributed by atoms with van der Waals surface area (Å²) in [5.74, 6) is -2.52. The van der Waals surface area contributed by atoms with Gasteiger partial charge in [0.2, 0.25) is 0 Å². The van der Waals surface area contributed by atoms with Crippen LogP contribution in [-0.4, -0.2) is 24.0 Å². The molecular weight excluding hydrogens is 206 g/mol. The Bertz CT molecular complexity index is 483. The van der Waals surface area contributed by atoms with Crippen molar-refractivity contribution in [2.24, 2.45) is 5.89 Å². The number of hydrogen-bond donors (Lipinski definition) is 1. The summed E-state index contributed by atoms with van der Waals surface area (Å²) in [4.78, 5) is 22.8. The average Bonchev–Trinajstić information content (AvgIpc) is 2.33. The molecule has 0 aromatic heterocycles. The van der Waals surface area contributed by atoms with Crippen LogP contribution in [0.3, 0.4) is 0 Å². The smallest absolute Gasteiger partial charge is 0.408 e. The Balaban J connectivity index is 2.91. The molecule has 0 aromatic rings. The highest BCUT2D eigenvalue weighted by atomic mass is 16.6. The topological polar surface area (TPSA) is 55.4 Å². The minimum absolute atomic E-state index is 0.250. The standard InChI is InChI=1S/C12H21NO3/c1-12(2,3)16-11(15)13-10(8-14)7-9-5-4-6-9/h8-10H,4-7H2,1-3H3,(H,13,15)/i4D2,5D2,6D2,9D. The van der Waals surface area contributed by atoms with Gasteiger partial charge in [0.1, 0.15) is 11.9 Å². The molecule has 0 aliphatic heterocycles. The molecule has 0 aromatic carbocycles. The summed E-state index contributed by atoms with van der Waals surface area (Å²) in [6.45, 7) is 4.81. The van der Waals surface area contributed by atoms with E-state index in [1.54, 1.807) is 20.8 Å². The van der Waals surface area contributed by atoms with Crippen molar-refractivity contribution in [3.63, 3.8) is 0 Å². The lowest BCUT2D eigenvalue weighted by molar-refractivity contribution is -0.110. The van der Waals surface area contributed by atoms with E-state index >= 15 is 0 Å². The Morgan fingerprint density at radius 1 is 1.69 bits per heavy atom.